The van der Waals surface area contributed by atoms with Gasteiger partial charge in [0, 0.05) is 25.0 Å². The van der Waals surface area contributed by atoms with Gasteiger partial charge in [0.2, 0.25) is 5.95 Å². The summed E-state index contributed by atoms with van der Waals surface area (Å²) >= 11 is 0. The smallest absolute Gasteiger partial charge is 0.337 e. The first kappa shape index (κ1) is 16.2. The van der Waals surface area contributed by atoms with Crippen LogP contribution in [-0.4, -0.2) is 36.1 Å². The third-order valence-electron chi connectivity index (χ3n) is 4.16. The zero-order valence-electron chi connectivity index (χ0n) is 14.0. The summed E-state index contributed by atoms with van der Waals surface area (Å²) < 4.78 is 4.70. The third kappa shape index (κ3) is 3.82. The Balaban J connectivity index is 1.71. The van der Waals surface area contributed by atoms with Gasteiger partial charge in [0.25, 0.3) is 0 Å². The largest absolute Gasteiger partial charge is 0.465 e. The van der Waals surface area contributed by atoms with Crippen LogP contribution in [0.15, 0.2) is 36.5 Å². The van der Waals surface area contributed by atoms with Crippen LogP contribution in [-0.2, 0) is 4.74 Å². The molecule has 0 amide bonds. The van der Waals surface area contributed by atoms with E-state index in [1.54, 1.807) is 18.3 Å². The van der Waals surface area contributed by atoms with Crippen molar-refractivity contribution in [3.63, 3.8) is 0 Å². The maximum absolute atomic E-state index is 11.5. The fraction of sp³-hybridized carbons (Fsp3) is 0.389. The molecule has 6 nitrogen and oxygen atoms in total. The highest BCUT2D eigenvalue weighted by molar-refractivity contribution is 5.89. The van der Waals surface area contributed by atoms with Crippen LogP contribution in [0.1, 0.15) is 30.1 Å². The summed E-state index contributed by atoms with van der Waals surface area (Å²) in [5.41, 5.74) is 1.38. The number of piperidine rings is 1. The van der Waals surface area contributed by atoms with E-state index in [0.29, 0.717) is 11.5 Å². The molecule has 0 aliphatic carbocycles. The highest BCUT2D eigenvalue weighted by Gasteiger charge is 2.18. The van der Waals surface area contributed by atoms with Crippen LogP contribution < -0.4 is 10.2 Å². The van der Waals surface area contributed by atoms with Gasteiger partial charge >= 0.3 is 5.97 Å². The molecule has 1 N–H and O–H groups in total. The maximum Gasteiger partial charge on any atom is 0.337 e. The van der Waals surface area contributed by atoms with E-state index in [0.717, 1.165) is 30.5 Å². The number of ether oxygens (including phenoxy) is 1. The van der Waals surface area contributed by atoms with Crippen molar-refractivity contribution in [2.75, 3.05) is 30.4 Å². The minimum Gasteiger partial charge on any atom is -0.465 e. The minimum absolute atomic E-state index is 0.343. The van der Waals surface area contributed by atoms with Gasteiger partial charge < -0.3 is 15.0 Å². The van der Waals surface area contributed by atoms with Crippen molar-refractivity contribution in [1.29, 1.82) is 0 Å². The van der Waals surface area contributed by atoms with E-state index in [9.17, 15) is 4.79 Å². The zero-order valence-corrected chi connectivity index (χ0v) is 14.0. The van der Waals surface area contributed by atoms with Crippen LogP contribution in [0.5, 0.6) is 0 Å². The number of methoxy groups -OCH3 is 1. The van der Waals surface area contributed by atoms with Crippen molar-refractivity contribution >= 4 is 23.4 Å². The van der Waals surface area contributed by atoms with E-state index in [1.807, 2.05) is 18.2 Å². The lowest BCUT2D eigenvalue weighted by Crippen LogP contribution is -2.35. The Bertz CT molecular complexity index is 702. The molecule has 0 spiro atoms. The van der Waals surface area contributed by atoms with Gasteiger partial charge in [-0.2, -0.15) is 4.98 Å². The van der Waals surface area contributed by atoms with Crippen LogP contribution >= 0.6 is 0 Å². The number of nitrogens with zero attached hydrogens (tertiary/aromatic N) is 3. The van der Waals surface area contributed by atoms with Crippen LogP contribution in [0.4, 0.5) is 17.5 Å². The molecule has 2 aromatic rings. The van der Waals surface area contributed by atoms with Gasteiger partial charge in [-0.3, -0.25) is 0 Å². The molecule has 126 valence electrons. The van der Waals surface area contributed by atoms with Crippen LogP contribution in [0.25, 0.3) is 0 Å². The van der Waals surface area contributed by atoms with Crippen molar-refractivity contribution in [2.24, 2.45) is 5.92 Å². The molecule has 1 unspecified atom stereocenters. The molecular formula is C18H22N4O2. The van der Waals surface area contributed by atoms with Gasteiger partial charge in [-0.1, -0.05) is 6.92 Å². The second kappa shape index (κ2) is 7.29. The summed E-state index contributed by atoms with van der Waals surface area (Å²) in [6, 6.07) is 8.95. The summed E-state index contributed by atoms with van der Waals surface area (Å²) in [7, 11) is 1.37. The lowest BCUT2D eigenvalue weighted by Gasteiger charge is -2.30. The Morgan fingerprint density at radius 3 is 2.79 bits per heavy atom. The number of hydrogen-bond acceptors (Lipinski definition) is 6. The lowest BCUT2D eigenvalue weighted by molar-refractivity contribution is 0.0601. The van der Waals surface area contributed by atoms with Crippen molar-refractivity contribution in [3.05, 3.63) is 42.1 Å². The Morgan fingerprint density at radius 2 is 2.08 bits per heavy atom. The Kier molecular flexibility index (Phi) is 4.93. The van der Waals surface area contributed by atoms with E-state index >= 15 is 0 Å². The molecule has 6 heteroatoms. The number of hydrogen-bond donors (Lipinski definition) is 1. The molecular weight excluding hydrogens is 304 g/mol. The highest BCUT2D eigenvalue weighted by Crippen LogP contribution is 2.22. The SMILES string of the molecule is COC(=O)c1ccc(Nc2ccnc(N3CCCC(C)C3)n2)cc1. The van der Waals surface area contributed by atoms with E-state index < -0.39 is 0 Å². The van der Waals surface area contributed by atoms with Crippen LogP contribution in [0, 0.1) is 5.92 Å². The van der Waals surface area contributed by atoms with Gasteiger partial charge in [-0.05, 0) is 49.1 Å². The van der Waals surface area contributed by atoms with E-state index in [4.69, 9.17) is 4.74 Å². The molecule has 1 fully saturated rings. The number of carbonyl (C=O) groups excluding carboxylic acids is 1. The number of esters is 1. The predicted molar refractivity (Wildman–Crippen MR) is 93.7 cm³/mol. The number of anilines is 3. The number of benzene rings is 1. The van der Waals surface area contributed by atoms with Gasteiger partial charge in [0.1, 0.15) is 5.82 Å². The second-order valence-electron chi connectivity index (χ2n) is 6.13. The topological polar surface area (TPSA) is 67.3 Å². The Morgan fingerprint density at radius 1 is 1.29 bits per heavy atom. The fourth-order valence-corrected chi connectivity index (χ4v) is 2.90. The fourth-order valence-electron chi connectivity index (χ4n) is 2.90. The number of aromatic nitrogens is 2. The van der Waals surface area contributed by atoms with E-state index in [1.165, 1.54) is 20.0 Å². The monoisotopic (exact) mass is 326 g/mol. The average Bonchev–Trinajstić information content (AvgIpc) is 2.62. The first-order valence-electron chi connectivity index (χ1n) is 8.19. The van der Waals surface area contributed by atoms with Gasteiger partial charge in [0.15, 0.2) is 0 Å². The highest BCUT2D eigenvalue weighted by atomic mass is 16.5. The number of nitrogens with one attached hydrogen (secondary N) is 1. The van der Waals surface area contributed by atoms with E-state index in [2.05, 4.69) is 27.1 Å². The average molecular weight is 326 g/mol. The zero-order chi connectivity index (χ0) is 16.9. The van der Waals surface area contributed by atoms with Gasteiger partial charge in [-0.25, -0.2) is 9.78 Å². The molecule has 2 heterocycles. The molecule has 0 bridgehead atoms. The number of carbonyl (C=O) groups is 1. The van der Waals surface area contributed by atoms with Gasteiger partial charge in [0.05, 0.1) is 12.7 Å². The molecule has 1 atom stereocenters. The van der Waals surface area contributed by atoms with Crippen molar-refractivity contribution in [2.45, 2.75) is 19.8 Å². The minimum atomic E-state index is -0.343. The van der Waals surface area contributed by atoms with E-state index in [-0.39, 0.29) is 5.97 Å². The summed E-state index contributed by atoms with van der Waals surface area (Å²) in [5.74, 6) is 1.83. The first-order chi connectivity index (χ1) is 11.7. The first-order valence-corrected chi connectivity index (χ1v) is 8.19. The standard InChI is InChI=1S/C18H22N4O2/c1-13-4-3-11-22(12-13)18-19-10-9-16(21-18)20-15-7-5-14(6-8-15)17(23)24-2/h5-10,13H,3-4,11-12H2,1-2H3,(H,19,20,21). The lowest BCUT2D eigenvalue weighted by atomic mass is 10.0. The summed E-state index contributed by atoms with van der Waals surface area (Å²) in [6.45, 7) is 4.26. The predicted octanol–water partition coefficient (Wildman–Crippen LogP) is 3.24. The van der Waals surface area contributed by atoms with Crippen LogP contribution in [0.3, 0.4) is 0 Å². The molecule has 1 aromatic heterocycles. The normalized spacial score (nSPS) is 17.4. The molecule has 1 saturated heterocycles. The molecule has 0 radical (unpaired) electrons. The molecule has 1 aliphatic heterocycles. The Labute approximate surface area is 141 Å². The molecule has 3 rings (SSSR count). The molecule has 24 heavy (non-hydrogen) atoms. The number of rotatable bonds is 4. The molecule has 1 aliphatic rings. The quantitative estimate of drug-likeness (QED) is 0.870. The second-order valence-corrected chi connectivity index (χ2v) is 6.13. The summed E-state index contributed by atoms with van der Waals surface area (Å²) in [4.78, 5) is 22.7. The van der Waals surface area contributed by atoms with Crippen molar-refractivity contribution < 1.29 is 9.53 Å². The molecule has 1 aromatic carbocycles. The van der Waals surface area contributed by atoms with Crippen molar-refractivity contribution in [1.82, 2.24) is 9.97 Å². The van der Waals surface area contributed by atoms with Crippen molar-refractivity contribution in [3.8, 4) is 0 Å². The van der Waals surface area contributed by atoms with Crippen LogP contribution in [0.2, 0.25) is 0 Å². The Hall–Kier alpha value is -2.63. The summed E-state index contributed by atoms with van der Waals surface area (Å²) in [5, 5.41) is 3.25. The molecule has 0 saturated carbocycles. The summed E-state index contributed by atoms with van der Waals surface area (Å²) in [6.07, 6.45) is 4.21. The van der Waals surface area contributed by atoms with Gasteiger partial charge in [-0.15, -0.1) is 0 Å². The third-order valence-corrected chi connectivity index (χ3v) is 4.16. The maximum atomic E-state index is 11.5.